The van der Waals surface area contributed by atoms with Crippen LogP contribution in [0.25, 0.3) is 5.69 Å². The normalized spacial score (nSPS) is 10.8. The van der Waals surface area contributed by atoms with E-state index < -0.39 is 0 Å². The second kappa shape index (κ2) is 12.4. The third-order valence-electron chi connectivity index (χ3n) is 5.94. The standard InChI is InChI=1S/C27H31N5O4S/c1-31-15-5-6-21(31)17-25-29-30-27(32(25)20-8-10-22(34-2)11-9-20)37-18-26(33)28-14-13-19-7-12-23(35-3)24(16-19)36-4/h5-12,15-16H,13-14,17-18H2,1-4H3,(H,28,33). The van der Waals surface area contributed by atoms with Gasteiger partial charge in [-0.25, -0.2) is 0 Å². The fourth-order valence-electron chi connectivity index (χ4n) is 3.90. The van der Waals surface area contributed by atoms with E-state index in [4.69, 9.17) is 14.2 Å². The summed E-state index contributed by atoms with van der Waals surface area (Å²) in [7, 11) is 6.86. The van der Waals surface area contributed by atoms with Crippen molar-refractivity contribution >= 4 is 17.7 Å². The molecule has 0 spiro atoms. The molecule has 10 heteroatoms. The van der Waals surface area contributed by atoms with E-state index in [2.05, 4.69) is 26.1 Å². The first-order valence-electron chi connectivity index (χ1n) is 11.8. The number of aryl methyl sites for hydroxylation is 1. The van der Waals surface area contributed by atoms with Crippen LogP contribution in [0.15, 0.2) is 66.0 Å². The van der Waals surface area contributed by atoms with Crippen molar-refractivity contribution in [3.63, 3.8) is 0 Å². The molecular formula is C27H31N5O4S. The predicted octanol–water partition coefficient (Wildman–Crippen LogP) is 3.67. The van der Waals surface area contributed by atoms with Gasteiger partial charge in [-0.2, -0.15) is 0 Å². The molecule has 2 aromatic heterocycles. The third kappa shape index (κ3) is 6.45. The van der Waals surface area contributed by atoms with Gasteiger partial charge in [0.2, 0.25) is 5.91 Å². The van der Waals surface area contributed by atoms with E-state index in [-0.39, 0.29) is 11.7 Å². The number of thioether (sulfide) groups is 1. The molecule has 194 valence electrons. The van der Waals surface area contributed by atoms with Crippen LogP contribution in [0.2, 0.25) is 0 Å². The van der Waals surface area contributed by atoms with Gasteiger partial charge in [0.15, 0.2) is 16.7 Å². The number of hydrogen-bond donors (Lipinski definition) is 1. The lowest BCUT2D eigenvalue weighted by Crippen LogP contribution is -2.27. The highest BCUT2D eigenvalue weighted by Crippen LogP contribution is 2.28. The van der Waals surface area contributed by atoms with Gasteiger partial charge in [-0.15, -0.1) is 10.2 Å². The molecule has 0 unspecified atom stereocenters. The summed E-state index contributed by atoms with van der Waals surface area (Å²) in [6, 6.07) is 17.5. The number of amides is 1. The van der Waals surface area contributed by atoms with Crippen LogP contribution < -0.4 is 19.5 Å². The molecule has 0 fully saturated rings. The number of rotatable bonds is 12. The number of carbonyl (C=O) groups excluding carboxylic acids is 1. The van der Waals surface area contributed by atoms with Gasteiger partial charge in [0.05, 0.1) is 27.1 Å². The predicted molar refractivity (Wildman–Crippen MR) is 143 cm³/mol. The second-order valence-electron chi connectivity index (χ2n) is 8.30. The maximum Gasteiger partial charge on any atom is 0.230 e. The van der Waals surface area contributed by atoms with Crippen molar-refractivity contribution in [2.75, 3.05) is 33.6 Å². The molecule has 1 amide bonds. The van der Waals surface area contributed by atoms with Crippen LogP contribution in [0.3, 0.4) is 0 Å². The summed E-state index contributed by atoms with van der Waals surface area (Å²) in [5.74, 6) is 3.07. The van der Waals surface area contributed by atoms with E-state index in [9.17, 15) is 4.79 Å². The van der Waals surface area contributed by atoms with Crippen molar-refractivity contribution in [3.05, 3.63) is 77.9 Å². The molecule has 0 bridgehead atoms. The highest BCUT2D eigenvalue weighted by atomic mass is 32.2. The number of nitrogens with one attached hydrogen (secondary N) is 1. The molecule has 2 aromatic carbocycles. The molecule has 9 nitrogen and oxygen atoms in total. The fourth-order valence-corrected chi connectivity index (χ4v) is 4.71. The SMILES string of the molecule is COc1ccc(-n2c(Cc3cccn3C)nnc2SCC(=O)NCCc2ccc(OC)c(OC)c2)cc1. The Morgan fingerprint density at radius 3 is 2.43 bits per heavy atom. The summed E-state index contributed by atoms with van der Waals surface area (Å²) < 4.78 is 20.0. The molecule has 4 rings (SSSR count). The molecule has 0 aliphatic carbocycles. The largest absolute Gasteiger partial charge is 0.497 e. The van der Waals surface area contributed by atoms with Crippen LogP contribution in [0.4, 0.5) is 0 Å². The van der Waals surface area contributed by atoms with Crippen LogP contribution >= 0.6 is 11.8 Å². The molecule has 0 saturated carbocycles. The molecule has 0 aliphatic rings. The zero-order chi connectivity index (χ0) is 26.2. The Morgan fingerprint density at radius 2 is 1.76 bits per heavy atom. The first-order chi connectivity index (χ1) is 18.0. The molecule has 1 N–H and O–H groups in total. The third-order valence-corrected chi connectivity index (χ3v) is 6.87. The zero-order valence-corrected chi connectivity index (χ0v) is 22.2. The highest BCUT2D eigenvalue weighted by Gasteiger charge is 2.17. The van der Waals surface area contributed by atoms with Gasteiger partial charge >= 0.3 is 0 Å². The van der Waals surface area contributed by atoms with Crippen molar-refractivity contribution in [1.82, 2.24) is 24.6 Å². The summed E-state index contributed by atoms with van der Waals surface area (Å²) in [6.07, 6.45) is 3.30. The fraction of sp³-hybridized carbons (Fsp3) is 0.296. The van der Waals surface area contributed by atoms with Crippen LogP contribution in [0.5, 0.6) is 17.2 Å². The maximum absolute atomic E-state index is 12.6. The maximum atomic E-state index is 12.6. The minimum Gasteiger partial charge on any atom is -0.497 e. The van der Waals surface area contributed by atoms with Gasteiger partial charge in [-0.05, 0) is 60.5 Å². The lowest BCUT2D eigenvalue weighted by Gasteiger charge is -2.12. The Balaban J connectivity index is 1.41. The average Bonchev–Trinajstić information content (AvgIpc) is 3.52. The van der Waals surface area contributed by atoms with Gasteiger partial charge in [0.1, 0.15) is 11.6 Å². The first-order valence-corrected chi connectivity index (χ1v) is 12.8. The Labute approximate surface area is 220 Å². The van der Waals surface area contributed by atoms with E-state index in [1.807, 2.05) is 66.3 Å². The van der Waals surface area contributed by atoms with Gasteiger partial charge < -0.3 is 24.1 Å². The smallest absolute Gasteiger partial charge is 0.230 e. The molecule has 4 aromatic rings. The number of ether oxygens (including phenoxy) is 3. The minimum atomic E-state index is -0.0706. The Kier molecular flexibility index (Phi) is 8.73. The van der Waals surface area contributed by atoms with E-state index in [1.54, 1.807) is 21.3 Å². The van der Waals surface area contributed by atoms with Crippen molar-refractivity contribution in [2.24, 2.45) is 7.05 Å². The lowest BCUT2D eigenvalue weighted by molar-refractivity contribution is -0.118. The van der Waals surface area contributed by atoms with Gasteiger partial charge in [-0.1, -0.05) is 17.8 Å². The van der Waals surface area contributed by atoms with Gasteiger partial charge in [-0.3, -0.25) is 9.36 Å². The summed E-state index contributed by atoms with van der Waals surface area (Å²) >= 11 is 1.36. The molecule has 0 saturated heterocycles. The monoisotopic (exact) mass is 521 g/mol. The molecule has 0 aliphatic heterocycles. The molecular weight excluding hydrogens is 490 g/mol. The summed E-state index contributed by atoms with van der Waals surface area (Å²) in [4.78, 5) is 12.6. The lowest BCUT2D eigenvalue weighted by atomic mass is 10.1. The van der Waals surface area contributed by atoms with Crippen molar-refractivity contribution < 1.29 is 19.0 Å². The van der Waals surface area contributed by atoms with Gasteiger partial charge in [0.25, 0.3) is 0 Å². The van der Waals surface area contributed by atoms with Crippen molar-refractivity contribution in [3.8, 4) is 22.9 Å². The summed E-state index contributed by atoms with van der Waals surface area (Å²) in [5.41, 5.74) is 3.08. The number of hydrogen-bond acceptors (Lipinski definition) is 7. The summed E-state index contributed by atoms with van der Waals surface area (Å²) in [6.45, 7) is 0.513. The first kappa shape index (κ1) is 26.2. The number of methoxy groups -OCH3 is 3. The average molecular weight is 522 g/mol. The zero-order valence-electron chi connectivity index (χ0n) is 21.4. The Morgan fingerprint density at radius 1 is 0.973 bits per heavy atom. The molecule has 0 radical (unpaired) electrons. The summed E-state index contributed by atoms with van der Waals surface area (Å²) in [5, 5.41) is 12.5. The number of aromatic nitrogens is 4. The molecule has 37 heavy (non-hydrogen) atoms. The van der Waals surface area contributed by atoms with E-state index in [0.29, 0.717) is 36.0 Å². The minimum absolute atomic E-state index is 0.0706. The number of nitrogens with zero attached hydrogens (tertiary/aromatic N) is 4. The van der Waals surface area contributed by atoms with E-state index >= 15 is 0 Å². The van der Waals surface area contributed by atoms with E-state index in [0.717, 1.165) is 28.5 Å². The molecule has 2 heterocycles. The van der Waals surface area contributed by atoms with Crippen LogP contribution in [-0.2, 0) is 24.7 Å². The quantitative estimate of drug-likeness (QED) is 0.284. The van der Waals surface area contributed by atoms with Gasteiger partial charge in [0, 0.05) is 37.6 Å². The van der Waals surface area contributed by atoms with E-state index in [1.165, 1.54) is 11.8 Å². The van der Waals surface area contributed by atoms with Crippen LogP contribution in [-0.4, -0.2) is 58.9 Å². The van der Waals surface area contributed by atoms with Crippen LogP contribution in [0.1, 0.15) is 17.1 Å². The topological polar surface area (TPSA) is 92.4 Å². The number of benzene rings is 2. The Hall–Kier alpha value is -3.92. The van der Waals surface area contributed by atoms with Crippen LogP contribution in [0, 0.1) is 0 Å². The number of carbonyl (C=O) groups is 1. The van der Waals surface area contributed by atoms with Crippen molar-refractivity contribution in [1.29, 1.82) is 0 Å². The molecule has 0 atom stereocenters. The highest BCUT2D eigenvalue weighted by molar-refractivity contribution is 7.99. The second-order valence-corrected chi connectivity index (χ2v) is 9.24. The Bertz CT molecular complexity index is 1330. The van der Waals surface area contributed by atoms with Crippen molar-refractivity contribution in [2.45, 2.75) is 18.0 Å².